The Bertz CT molecular complexity index is 528. The van der Waals surface area contributed by atoms with E-state index in [4.69, 9.17) is 0 Å². The van der Waals surface area contributed by atoms with Crippen molar-refractivity contribution in [1.29, 1.82) is 0 Å². The second kappa shape index (κ2) is 7.26. The van der Waals surface area contributed by atoms with Crippen molar-refractivity contribution in [1.82, 2.24) is 0 Å². The molecule has 0 spiro atoms. The number of rotatable bonds is 7. The minimum atomic E-state index is -4.85. The van der Waals surface area contributed by atoms with Crippen LogP contribution in [-0.2, 0) is 9.84 Å². The van der Waals surface area contributed by atoms with Crippen LogP contribution >= 0.6 is 11.3 Å². The zero-order valence-corrected chi connectivity index (χ0v) is 12.7. The fourth-order valence-electron chi connectivity index (χ4n) is 1.68. The summed E-state index contributed by atoms with van der Waals surface area (Å²) in [4.78, 5) is -1.15. The number of sulfone groups is 1. The van der Waals surface area contributed by atoms with Crippen LogP contribution in [0.15, 0.2) is 22.4 Å². The van der Waals surface area contributed by atoms with E-state index in [0.717, 1.165) is 30.3 Å². The van der Waals surface area contributed by atoms with E-state index in [1.165, 1.54) is 6.07 Å². The Kier molecular flexibility index (Phi) is 6.26. The molecule has 0 aliphatic carbocycles. The predicted molar refractivity (Wildman–Crippen MR) is 76.3 cm³/mol. The maximum atomic E-state index is 12.9. The van der Waals surface area contributed by atoms with E-state index in [1.807, 2.05) is 6.92 Å². The molecule has 20 heavy (non-hydrogen) atoms. The van der Waals surface area contributed by atoms with E-state index < -0.39 is 26.7 Å². The molecule has 0 N–H and O–H groups in total. The molecule has 7 heteroatoms. The minimum absolute atomic E-state index is 0.258. The van der Waals surface area contributed by atoms with Gasteiger partial charge in [0.1, 0.15) is 4.91 Å². The van der Waals surface area contributed by atoms with Gasteiger partial charge in [-0.05, 0) is 23.9 Å². The van der Waals surface area contributed by atoms with Crippen LogP contribution in [0.4, 0.5) is 13.2 Å². The van der Waals surface area contributed by atoms with E-state index in [2.05, 4.69) is 0 Å². The Hall–Kier alpha value is -0.820. The average Bonchev–Trinajstić information content (AvgIpc) is 2.83. The molecule has 1 rings (SSSR count). The molecular weight excluding hydrogens is 309 g/mol. The van der Waals surface area contributed by atoms with E-state index in [1.54, 1.807) is 11.4 Å². The Morgan fingerprint density at radius 1 is 1.30 bits per heavy atom. The molecule has 0 fully saturated rings. The summed E-state index contributed by atoms with van der Waals surface area (Å²) < 4.78 is 62.6. The highest BCUT2D eigenvalue weighted by molar-refractivity contribution is 7.95. The topological polar surface area (TPSA) is 34.1 Å². The third-order valence-electron chi connectivity index (χ3n) is 2.70. The van der Waals surface area contributed by atoms with E-state index in [-0.39, 0.29) is 11.3 Å². The summed E-state index contributed by atoms with van der Waals surface area (Å²) in [5, 5.41) is 1.60. The predicted octanol–water partition coefficient (Wildman–Crippen LogP) is 4.65. The monoisotopic (exact) mass is 326 g/mol. The zero-order chi connectivity index (χ0) is 15.2. The number of allylic oxidation sites excluding steroid dienone is 1. The van der Waals surface area contributed by atoms with Crippen LogP contribution < -0.4 is 0 Å². The lowest BCUT2D eigenvalue weighted by Crippen LogP contribution is -2.22. The van der Waals surface area contributed by atoms with Gasteiger partial charge in [-0.15, -0.1) is 11.3 Å². The van der Waals surface area contributed by atoms with Gasteiger partial charge in [0.2, 0.25) is 0 Å². The highest BCUT2D eigenvalue weighted by atomic mass is 32.2. The molecular formula is C13H17F3O2S2. The van der Waals surface area contributed by atoms with Gasteiger partial charge in [-0.25, -0.2) is 8.42 Å². The number of unbranched alkanes of at least 4 members (excludes halogenated alkanes) is 3. The summed E-state index contributed by atoms with van der Waals surface area (Å²) in [7, 11) is -4.29. The van der Waals surface area contributed by atoms with Gasteiger partial charge in [-0.3, -0.25) is 0 Å². The normalized spacial score (nSPS) is 13.7. The maximum Gasteiger partial charge on any atom is 0.427 e. The lowest BCUT2D eigenvalue weighted by Gasteiger charge is -2.12. The Morgan fingerprint density at radius 3 is 2.50 bits per heavy atom. The molecule has 0 atom stereocenters. The quantitative estimate of drug-likeness (QED) is 0.684. The van der Waals surface area contributed by atoms with Gasteiger partial charge in [0, 0.05) is 4.88 Å². The lowest BCUT2D eigenvalue weighted by molar-refractivity contribution is -0.0836. The smallest absolute Gasteiger partial charge is 0.224 e. The first-order valence-corrected chi connectivity index (χ1v) is 8.85. The van der Waals surface area contributed by atoms with Crippen molar-refractivity contribution in [2.24, 2.45) is 0 Å². The Morgan fingerprint density at radius 2 is 2.00 bits per heavy atom. The van der Waals surface area contributed by atoms with Crippen molar-refractivity contribution < 1.29 is 21.6 Å². The summed E-state index contributed by atoms with van der Waals surface area (Å²) in [5.41, 5.74) is 0. The molecule has 0 saturated heterocycles. The van der Waals surface area contributed by atoms with E-state index in [0.29, 0.717) is 6.42 Å². The fraction of sp³-hybridized carbons (Fsp3) is 0.538. The van der Waals surface area contributed by atoms with Gasteiger partial charge in [-0.2, -0.15) is 13.2 Å². The van der Waals surface area contributed by atoms with Gasteiger partial charge in [0.15, 0.2) is 9.84 Å². The molecule has 0 aromatic carbocycles. The van der Waals surface area contributed by atoms with Gasteiger partial charge in [-0.1, -0.05) is 32.3 Å². The first kappa shape index (κ1) is 17.2. The summed E-state index contributed by atoms with van der Waals surface area (Å²) >= 11 is 1.07. The van der Waals surface area contributed by atoms with Crippen LogP contribution in [0.1, 0.15) is 37.5 Å². The lowest BCUT2D eigenvalue weighted by atomic mass is 10.2. The Balaban J connectivity index is 2.94. The molecule has 0 bridgehead atoms. The van der Waals surface area contributed by atoms with Crippen molar-refractivity contribution in [3.8, 4) is 0 Å². The molecule has 0 saturated carbocycles. The van der Waals surface area contributed by atoms with Crippen LogP contribution in [0.3, 0.4) is 0 Å². The molecule has 2 nitrogen and oxygen atoms in total. The van der Waals surface area contributed by atoms with Crippen molar-refractivity contribution >= 4 is 27.3 Å². The number of hydrogen-bond acceptors (Lipinski definition) is 3. The SMILES string of the molecule is CCCCCCS(=O)(=O)/C(=C\c1cccs1)C(F)(F)F. The second-order valence-corrected chi connectivity index (χ2v) is 7.46. The first-order valence-electron chi connectivity index (χ1n) is 6.32. The zero-order valence-electron chi connectivity index (χ0n) is 11.1. The van der Waals surface area contributed by atoms with Crippen LogP contribution in [0.2, 0.25) is 0 Å². The average molecular weight is 326 g/mol. The second-order valence-electron chi connectivity index (χ2n) is 4.40. The maximum absolute atomic E-state index is 12.9. The summed E-state index contributed by atoms with van der Waals surface area (Å²) in [6.45, 7) is 1.95. The molecule has 1 aromatic heterocycles. The third-order valence-corrected chi connectivity index (χ3v) is 5.36. The van der Waals surface area contributed by atoms with Gasteiger partial charge in [0.05, 0.1) is 5.75 Å². The number of halogens is 3. The molecule has 0 aliphatic heterocycles. The molecule has 0 amide bonds. The number of thiophene rings is 1. The van der Waals surface area contributed by atoms with E-state index in [9.17, 15) is 21.6 Å². The summed E-state index contributed by atoms with van der Waals surface area (Å²) in [6.07, 6.45) is -1.52. The van der Waals surface area contributed by atoms with Crippen LogP contribution in [0.5, 0.6) is 0 Å². The highest BCUT2D eigenvalue weighted by Gasteiger charge is 2.42. The first-order chi connectivity index (χ1) is 9.27. The van der Waals surface area contributed by atoms with Crippen LogP contribution in [0, 0.1) is 0 Å². The molecule has 0 aliphatic rings. The molecule has 1 aromatic rings. The van der Waals surface area contributed by atoms with E-state index >= 15 is 0 Å². The fourth-order valence-corrected chi connectivity index (χ4v) is 3.87. The molecule has 0 unspecified atom stereocenters. The summed E-state index contributed by atoms with van der Waals surface area (Å²) in [6, 6.07) is 3.04. The molecule has 1 heterocycles. The van der Waals surface area contributed by atoms with Crippen molar-refractivity contribution in [3.63, 3.8) is 0 Å². The van der Waals surface area contributed by atoms with Gasteiger partial charge < -0.3 is 0 Å². The van der Waals surface area contributed by atoms with Crippen LogP contribution in [-0.4, -0.2) is 20.3 Å². The number of alkyl halides is 3. The van der Waals surface area contributed by atoms with Gasteiger partial charge >= 0.3 is 6.18 Å². The van der Waals surface area contributed by atoms with Crippen molar-refractivity contribution in [3.05, 3.63) is 27.3 Å². The van der Waals surface area contributed by atoms with Crippen LogP contribution in [0.25, 0.3) is 6.08 Å². The standard InChI is InChI=1S/C13H17F3O2S2/c1-2-3-4-5-9-20(17,18)12(13(14,15)16)10-11-7-6-8-19-11/h6-8,10H,2-5,9H2,1H3/b12-10-. The number of hydrogen-bond donors (Lipinski definition) is 0. The Labute approximate surface area is 121 Å². The summed E-state index contributed by atoms with van der Waals surface area (Å²) in [5.74, 6) is -0.455. The molecule has 0 radical (unpaired) electrons. The van der Waals surface area contributed by atoms with Gasteiger partial charge in [0.25, 0.3) is 0 Å². The third kappa shape index (κ3) is 5.28. The van der Waals surface area contributed by atoms with Crippen molar-refractivity contribution in [2.45, 2.75) is 38.8 Å². The largest absolute Gasteiger partial charge is 0.427 e. The highest BCUT2D eigenvalue weighted by Crippen LogP contribution is 2.33. The van der Waals surface area contributed by atoms with Crippen molar-refractivity contribution in [2.75, 3.05) is 5.75 Å². The molecule has 114 valence electrons. The minimum Gasteiger partial charge on any atom is -0.224 e.